The van der Waals surface area contributed by atoms with Gasteiger partial charge in [0.25, 0.3) is 0 Å². The van der Waals surface area contributed by atoms with Crippen molar-refractivity contribution in [2.45, 2.75) is 90.9 Å². The van der Waals surface area contributed by atoms with Gasteiger partial charge in [-0.25, -0.2) is 0 Å². The van der Waals surface area contributed by atoms with Crippen LogP contribution in [0.2, 0.25) is 0 Å². The van der Waals surface area contributed by atoms with Crippen LogP contribution in [0.5, 0.6) is 0 Å². The number of carbonyl (C=O) groups is 1. The van der Waals surface area contributed by atoms with Crippen LogP contribution in [0, 0.1) is 0 Å². The second-order valence-electron chi connectivity index (χ2n) is 6.81. The molecule has 0 amide bonds. The Morgan fingerprint density at radius 2 is 1.15 bits per heavy atom. The maximum absolute atomic E-state index is 10.9. The Kier molecular flexibility index (Phi) is 24.0. The summed E-state index contributed by atoms with van der Waals surface area (Å²) in [5, 5.41) is 10.9. The molecule has 0 saturated heterocycles. The second kappa shape index (κ2) is 22.5. The topological polar surface area (TPSA) is 43.4 Å². The van der Waals surface area contributed by atoms with Crippen LogP contribution in [0.4, 0.5) is 0 Å². The molecule has 0 aromatic heterocycles. The zero-order chi connectivity index (χ0) is 18.6. The van der Waals surface area contributed by atoms with Crippen molar-refractivity contribution >= 4 is 5.97 Å². The molecule has 0 bridgehead atoms. The molecule has 0 rings (SSSR count). The molecule has 0 saturated carbocycles. The van der Waals surface area contributed by atoms with Crippen molar-refractivity contribution in [3.8, 4) is 0 Å². The molecular weight excluding hydrogens is 317 g/mol. The minimum Gasteiger partial charge on any atom is -0.549 e. The van der Waals surface area contributed by atoms with Gasteiger partial charge in [-0.05, 0) is 64.5 Å². The summed E-state index contributed by atoms with van der Waals surface area (Å²) in [5.41, 5.74) is 0. The van der Waals surface area contributed by atoms with Gasteiger partial charge in [-0.2, -0.15) is 0 Å². The fourth-order valence-corrected chi connectivity index (χ4v) is 2.92. The van der Waals surface area contributed by atoms with Crippen molar-refractivity contribution in [2.75, 3.05) is 19.6 Å². The SMILES string of the molecule is CC/C=C/CCCCCCN(CCCCCC/C=C/CC)CC(=O)[O-].[Li+]. The molecule has 0 aliphatic rings. The van der Waals surface area contributed by atoms with E-state index in [4.69, 9.17) is 0 Å². The van der Waals surface area contributed by atoms with Crippen LogP contribution < -0.4 is 24.0 Å². The van der Waals surface area contributed by atoms with Crippen molar-refractivity contribution in [3.05, 3.63) is 24.3 Å². The van der Waals surface area contributed by atoms with E-state index >= 15 is 0 Å². The van der Waals surface area contributed by atoms with Crippen molar-refractivity contribution < 1.29 is 28.8 Å². The first-order chi connectivity index (χ1) is 12.2. The van der Waals surface area contributed by atoms with Crippen molar-refractivity contribution in [2.24, 2.45) is 0 Å². The van der Waals surface area contributed by atoms with Gasteiger partial charge in [0.05, 0.1) is 5.97 Å². The summed E-state index contributed by atoms with van der Waals surface area (Å²) >= 11 is 0. The maximum atomic E-state index is 10.9. The molecule has 0 N–H and O–H groups in total. The quantitative estimate of drug-likeness (QED) is 0.214. The normalized spacial score (nSPS) is 11.5. The molecule has 0 aromatic rings. The van der Waals surface area contributed by atoms with Gasteiger partial charge in [-0.1, -0.05) is 63.8 Å². The molecule has 0 aliphatic heterocycles. The molecule has 26 heavy (non-hydrogen) atoms. The first-order valence-electron chi connectivity index (χ1n) is 10.4. The van der Waals surface area contributed by atoms with Crippen LogP contribution >= 0.6 is 0 Å². The Balaban J connectivity index is 0. The van der Waals surface area contributed by atoms with Crippen molar-refractivity contribution in [3.63, 3.8) is 0 Å². The van der Waals surface area contributed by atoms with E-state index in [9.17, 15) is 9.90 Å². The van der Waals surface area contributed by atoms with Crippen LogP contribution in [0.25, 0.3) is 0 Å². The minimum absolute atomic E-state index is 0. The molecule has 0 aromatic carbocycles. The second-order valence-corrected chi connectivity index (χ2v) is 6.81. The molecular formula is C22H40LiNO2. The van der Waals surface area contributed by atoms with Gasteiger partial charge in [0.1, 0.15) is 0 Å². The number of carboxylic acids is 1. The number of carboxylic acid groups (broad SMARTS) is 1. The average molecular weight is 358 g/mol. The van der Waals surface area contributed by atoms with Crippen LogP contribution in [0.15, 0.2) is 24.3 Å². The van der Waals surface area contributed by atoms with Crippen molar-refractivity contribution in [1.82, 2.24) is 4.90 Å². The third kappa shape index (κ3) is 21.5. The van der Waals surface area contributed by atoms with Gasteiger partial charge >= 0.3 is 18.9 Å². The maximum Gasteiger partial charge on any atom is 1.00 e. The third-order valence-electron chi connectivity index (χ3n) is 4.35. The van der Waals surface area contributed by atoms with E-state index in [1.54, 1.807) is 0 Å². The van der Waals surface area contributed by atoms with Gasteiger partial charge in [-0.3, -0.25) is 4.90 Å². The summed E-state index contributed by atoms with van der Waals surface area (Å²) in [5.74, 6) is -0.950. The molecule has 0 radical (unpaired) electrons. The van der Waals surface area contributed by atoms with Crippen LogP contribution in [0.3, 0.4) is 0 Å². The number of rotatable bonds is 18. The Hall–Kier alpha value is -0.493. The average Bonchev–Trinajstić information content (AvgIpc) is 2.58. The fraction of sp³-hybridized carbons (Fsp3) is 0.773. The molecule has 0 aliphatic carbocycles. The largest absolute Gasteiger partial charge is 1.00 e. The summed E-state index contributed by atoms with van der Waals surface area (Å²) in [6.45, 7) is 6.17. The minimum atomic E-state index is -0.950. The van der Waals surface area contributed by atoms with Crippen LogP contribution in [0.1, 0.15) is 90.9 Å². The van der Waals surface area contributed by atoms with E-state index < -0.39 is 5.97 Å². The first kappa shape index (κ1) is 27.7. The number of hydrogen-bond acceptors (Lipinski definition) is 3. The molecule has 0 atom stereocenters. The molecule has 0 unspecified atom stereocenters. The number of unbranched alkanes of at least 4 members (excludes halogenated alkanes) is 8. The summed E-state index contributed by atoms with van der Waals surface area (Å²) in [6, 6.07) is 0. The summed E-state index contributed by atoms with van der Waals surface area (Å²) in [7, 11) is 0. The van der Waals surface area contributed by atoms with E-state index in [0.29, 0.717) is 0 Å². The van der Waals surface area contributed by atoms with E-state index in [1.165, 1.54) is 51.4 Å². The molecule has 4 heteroatoms. The summed E-state index contributed by atoms with van der Waals surface area (Å²) in [6.07, 6.45) is 23.1. The molecule has 3 nitrogen and oxygen atoms in total. The molecule has 0 fully saturated rings. The number of nitrogens with zero attached hydrogens (tertiary/aromatic N) is 1. The Morgan fingerprint density at radius 1 is 0.731 bits per heavy atom. The van der Waals surface area contributed by atoms with E-state index in [-0.39, 0.29) is 25.4 Å². The van der Waals surface area contributed by atoms with E-state index in [1.807, 2.05) is 0 Å². The number of hydrogen-bond donors (Lipinski definition) is 0. The molecule has 0 heterocycles. The Labute approximate surface area is 174 Å². The van der Waals surface area contributed by atoms with Crippen LogP contribution in [-0.4, -0.2) is 30.5 Å². The Bertz CT molecular complexity index is 330. The summed E-state index contributed by atoms with van der Waals surface area (Å²) < 4.78 is 0. The smallest absolute Gasteiger partial charge is 0.549 e. The molecule has 0 spiro atoms. The van der Waals surface area contributed by atoms with Gasteiger partial charge < -0.3 is 9.90 Å². The third-order valence-corrected chi connectivity index (χ3v) is 4.35. The van der Waals surface area contributed by atoms with Crippen LogP contribution in [-0.2, 0) is 4.79 Å². The number of aliphatic carboxylic acids is 1. The number of carbonyl (C=O) groups excluding carboxylic acids is 1. The Morgan fingerprint density at radius 3 is 1.54 bits per heavy atom. The zero-order valence-electron chi connectivity index (χ0n) is 17.7. The van der Waals surface area contributed by atoms with Gasteiger partial charge in [0.15, 0.2) is 0 Å². The standard InChI is InChI=1S/C22H41NO2.Li/c1-3-5-7-9-11-13-15-17-19-23(21-22(24)25)20-18-16-14-12-10-8-6-4-2;/h5-8H,3-4,9-21H2,1-2H3,(H,24,25);/q;+1/p-1/b7-5+,8-6+;. The van der Waals surface area contributed by atoms with E-state index in [2.05, 4.69) is 43.1 Å². The molecule has 146 valence electrons. The first-order valence-corrected chi connectivity index (χ1v) is 10.4. The monoisotopic (exact) mass is 357 g/mol. The van der Waals surface area contributed by atoms with Gasteiger partial charge in [-0.15, -0.1) is 0 Å². The zero-order valence-corrected chi connectivity index (χ0v) is 17.7. The fourth-order valence-electron chi connectivity index (χ4n) is 2.92. The predicted octanol–water partition coefficient (Wildman–Crippen LogP) is 1.88. The van der Waals surface area contributed by atoms with Gasteiger partial charge in [0, 0.05) is 6.54 Å². The van der Waals surface area contributed by atoms with E-state index in [0.717, 1.165) is 38.8 Å². The van der Waals surface area contributed by atoms with Gasteiger partial charge in [0.2, 0.25) is 0 Å². The predicted molar refractivity (Wildman–Crippen MR) is 106 cm³/mol. The summed E-state index contributed by atoms with van der Waals surface area (Å²) in [4.78, 5) is 13.0. The number of allylic oxidation sites excluding steroid dienone is 4. The van der Waals surface area contributed by atoms with Crippen molar-refractivity contribution in [1.29, 1.82) is 0 Å².